The zero-order chi connectivity index (χ0) is 29.9. The Morgan fingerprint density at radius 3 is 1.25 bits per heavy atom. The highest BCUT2D eigenvalue weighted by molar-refractivity contribution is 5.30. The first-order valence-corrected chi connectivity index (χ1v) is 16.8. The van der Waals surface area contributed by atoms with Gasteiger partial charge in [0.25, 0.3) is 0 Å². The maximum atomic E-state index is 4.70. The van der Waals surface area contributed by atoms with Gasteiger partial charge in [-0.2, -0.15) is 0 Å². The highest BCUT2D eigenvalue weighted by atomic mass is 15.6. The highest BCUT2D eigenvalue weighted by Crippen LogP contribution is 2.37. The molecule has 2 aromatic heterocycles. The summed E-state index contributed by atoms with van der Waals surface area (Å²) in [6, 6.07) is 18.7. The third kappa shape index (κ3) is 6.06. The molecule has 0 N–H and O–H groups in total. The minimum atomic E-state index is 0.0139. The third-order valence-electron chi connectivity index (χ3n) is 10.2. The predicted octanol–water partition coefficient (Wildman–Crippen LogP) is 5.78. The van der Waals surface area contributed by atoms with Gasteiger partial charge in [0.2, 0.25) is 0 Å². The molecule has 1 saturated heterocycles. The van der Waals surface area contributed by atoms with Crippen molar-refractivity contribution in [3.63, 3.8) is 0 Å². The molecule has 3 fully saturated rings. The fourth-order valence-corrected chi connectivity index (χ4v) is 7.73. The van der Waals surface area contributed by atoms with Crippen molar-refractivity contribution in [2.24, 2.45) is 0 Å². The summed E-state index contributed by atoms with van der Waals surface area (Å²) < 4.78 is 4.31. The molecule has 2 unspecified atom stereocenters. The van der Waals surface area contributed by atoms with Crippen molar-refractivity contribution < 1.29 is 0 Å². The smallest absolute Gasteiger partial charge is 0.173 e. The maximum Gasteiger partial charge on any atom is 0.173 e. The molecule has 2 saturated carbocycles. The van der Waals surface area contributed by atoms with Crippen LogP contribution in [0, 0.1) is 13.8 Å². The molecule has 10 nitrogen and oxygen atoms in total. The van der Waals surface area contributed by atoms with Gasteiger partial charge in [0.1, 0.15) is 0 Å². The Labute approximate surface area is 260 Å². The fourth-order valence-electron chi connectivity index (χ4n) is 7.73. The van der Waals surface area contributed by atoms with Crippen molar-refractivity contribution in [1.82, 2.24) is 50.2 Å². The number of hydrogen-bond donors (Lipinski definition) is 0. The summed E-state index contributed by atoms with van der Waals surface area (Å²) in [5.41, 5.74) is 5.04. The van der Waals surface area contributed by atoms with Gasteiger partial charge in [-0.1, -0.05) is 98.2 Å². The van der Waals surface area contributed by atoms with Crippen LogP contribution in [0.2, 0.25) is 0 Å². The molecule has 2 aliphatic carbocycles. The van der Waals surface area contributed by atoms with Gasteiger partial charge in [-0.15, -0.1) is 10.2 Å². The topological polar surface area (TPSA) is 93.7 Å². The van der Waals surface area contributed by atoms with Crippen LogP contribution in [0.5, 0.6) is 0 Å². The van der Waals surface area contributed by atoms with Crippen molar-refractivity contribution in [3.8, 4) is 0 Å². The number of tetrazole rings is 2. The van der Waals surface area contributed by atoms with E-state index in [4.69, 9.17) is 10.2 Å². The van der Waals surface area contributed by atoms with Crippen LogP contribution in [0.1, 0.15) is 122 Å². The van der Waals surface area contributed by atoms with Crippen molar-refractivity contribution in [1.29, 1.82) is 0 Å². The van der Waals surface area contributed by atoms with E-state index in [1.165, 1.54) is 60.8 Å². The second kappa shape index (κ2) is 13.2. The summed E-state index contributed by atoms with van der Waals surface area (Å²) in [6.45, 7) is 7.92. The number of benzene rings is 2. The molecule has 44 heavy (non-hydrogen) atoms. The van der Waals surface area contributed by atoms with E-state index in [1.54, 1.807) is 0 Å². The van der Waals surface area contributed by atoms with E-state index < -0.39 is 0 Å². The number of aromatic nitrogens is 8. The van der Waals surface area contributed by atoms with Crippen LogP contribution in [0.4, 0.5) is 0 Å². The van der Waals surface area contributed by atoms with Crippen molar-refractivity contribution >= 4 is 0 Å². The van der Waals surface area contributed by atoms with Crippen LogP contribution in [0.25, 0.3) is 0 Å². The minimum Gasteiger partial charge on any atom is -0.287 e. The van der Waals surface area contributed by atoms with Crippen LogP contribution < -0.4 is 0 Å². The average Bonchev–Trinajstić information content (AvgIpc) is 3.76. The van der Waals surface area contributed by atoms with E-state index in [0.29, 0.717) is 12.1 Å². The van der Waals surface area contributed by atoms with Crippen molar-refractivity contribution in [2.75, 3.05) is 26.2 Å². The molecule has 7 rings (SSSR count). The van der Waals surface area contributed by atoms with Gasteiger partial charge in [0, 0.05) is 26.2 Å². The van der Waals surface area contributed by atoms with Crippen LogP contribution in [0.15, 0.2) is 48.5 Å². The minimum absolute atomic E-state index is 0.0139. The first-order chi connectivity index (χ1) is 21.7. The van der Waals surface area contributed by atoms with Crippen molar-refractivity contribution in [3.05, 3.63) is 82.4 Å². The lowest BCUT2D eigenvalue weighted by atomic mass is 9.94. The van der Waals surface area contributed by atoms with Gasteiger partial charge in [-0.25, -0.2) is 9.36 Å². The van der Waals surface area contributed by atoms with Crippen LogP contribution in [-0.4, -0.2) is 76.4 Å². The molecule has 0 spiro atoms. The molecule has 0 radical (unpaired) electrons. The van der Waals surface area contributed by atoms with E-state index in [0.717, 1.165) is 63.5 Å². The summed E-state index contributed by atoms with van der Waals surface area (Å²) in [6.07, 6.45) is 12.2. The molecule has 0 amide bonds. The lowest BCUT2D eigenvalue weighted by Crippen LogP contribution is -2.50. The molecule has 2 aromatic carbocycles. The van der Waals surface area contributed by atoms with E-state index in [1.807, 2.05) is 0 Å². The molecular formula is C34H46N10. The normalized spacial score (nSPS) is 21.0. The number of nitrogens with zero attached hydrogens (tertiary/aromatic N) is 10. The van der Waals surface area contributed by atoms with E-state index in [9.17, 15) is 0 Å². The Kier molecular flexibility index (Phi) is 8.79. The van der Waals surface area contributed by atoms with Crippen LogP contribution in [-0.2, 0) is 0 Å². The van der Waals surface area contributed by atoms with Gasteiger partial charge in [0.15, 0.2) is 11.6 Å². The number of rotatable bonds is 8. The molecule has 232 valence electrons. The summed E-state index contributed by atoms with van der Waals surface area (Å²) in [5, 5.41) is 27.0. The second-order valence-electron chi connectivity index (χ2n) is 13.2. The Balaban J connectivity index is 1.18. The van der Waals surface area contributed by atoms with E-state index in [-0.39, 0.29) is 12.1 Å². The molecule has 4 aromatic rings. The monoisotopic (exact) mass is 594 g/mol. The molecule has 10 heteroatoms. The molecule has 1 aliphatic heterocycles. The van der Waals surface area contributed by atoms with Crippen LogP contribution >= 0.6 is 0 Å². The van der Waals surface area contributed by atoms with E-state index >= 15 is 0 Å². The lowest BCUT2D eigenvalue weighted by molar-refractivity contribution is 0.0802. The molecular weight excluding hydrogens is 548 g/mol. The van der Waals surface area contributed by atoms with Gasteiger partial charge >= 0.3 is 0 Å². The maximum absolute atomic E-state index is 4.70. The number of hydrogen-bond acceptors (Lipinski definition) is 8. The van der Waals surface area contributed by atoms with Crippen molar-refractivity contribution in [2.45, 2.75) is 102 Å². The summed E-state index contributed by atoms with van der Waals surface area (Å²) in [7, 11) is 0. The predicted molar refractivity (Wildman–Crippen MR) is 169 cm³/mol. The Hall–Kier alpha value is -3.50. The summed E-state index contributed by atoms with van der Waals surface area (Å²) in [4.78, 5) is 5.17. The molecule has 0 bridgehead atoms. The lowest BCUT2D eigenvalue weighted by Gasteiger charge is -2.42. The van der Waals surface area contributed by atoms with E-state index in [2.05, 4.69) is 102 Å². The highest BCUT2D eigenvalue weighted by Gasteiger charge is 2.37. The molecule has 2 atom stereocenters. The summed E-state index contributed by atoms with van der Waals surface area (Å²) >= 11 is 0. The summed E-state index contributed by atoms with van der Waals surface area (Å²) in [5.74, 6) is 1.95. The van der Waals surface area contributed by atoms with Crippen LogP contribution in [0.3, 0.4) is 0 Å². The zero-order valence-electron chi connectivity index (χ0n) is 26.3. The number of piperazine rings is 1. The first kappa shape index (κ1) is 29.2. The van der Waals surface area contributed by atoms with Gasteiger partial charge in [0.05, 0.1) is 24.2 Å². The quantitative estimate of drug-likeness (QED) is 0.253. The van der Waals surface area contributed by atoms with Gasteiger partial charge in [-0.05, 0) is 71.5 Å². The molecule has 3 aliphatic rings. The Morgan fingerprint density at radius 1 is 0.523 bits per heavy atom. The fraction of sp³-hybridized carbons (Fsp3) is 0.588. The second-order valence-corrected chi connectivity index (χ2v) is 13.2. The average molecular weight is 595 g/mol. The largest absolute Gasteiger partial charge is 0.287 e. The zero-order valence-corrected chi connectivity index (χ0v) is 26.3. The third-order valence-corrected chi connectivity index (χ3v) is 10.2. The first-order valence-electron chi connectivity index (χ1n) is 16.8. The Bertz CT molecular complexity index is 1360. The van der Waals surface area contributed by atoms with Gasteiger partial charge < -0.3 is 0 Å². The SMILES string of the molecule is Cc1ccc(C(c2nnnn2C2CCCCC2)N2CCN(C(c3ccc(C)cc3)c3nnnn3C3CCCCC3)CC2)cc1. The van der Waals surface area contributed by atoms with Gasteiger partial charge in [-0.3, -0.25) is 9.80 Å². The Morgan fingerprint density at radius 2 is 0.886 bits per heavy atom. The number of aryl methyl sites for hydroxylation is 2. The standard InChI is InChI=1S/C34H46N10/c1-25-13-17-27(18-14-25)31(33-35-37-39-43(33)29-9-5-3-6-10-29)41-21-23-42(24-22-41)32(28-19-15-26(2)16-20-28)34-36-38-40-44(34)30-11-7-4-8-12-30/h13-20,29-32H,3-12,21-24H2,1-2H3. The molecule has 3 heterocycles.